The van der Waals surface area contributed by atoms with E-state index in [9.17, 15) is 4.79 Å². The topological polar surface area (TPSA) is 64.5 Å². The fourth-order valence-electron chi connectivity index (χ4n) is 4.33. The molecule has 2 heterocycles. The number of hydrogen-bond acceptors (Lipinski definition) is 5. The molecule has 0 fully saturated rings. The lowest BCUT2D eigenvalue weighted by Gasteiger charge is -2.10. The first-order valence-electron chi connectivity index (χ1n) is 12.2. The van der Waals surface area contributed by atoms with Crippen molar-refractivity contribution in [1.29, 1.82) is 0 Å². The first-order chi connectivity index (χ1) is 18.7. The number of benzene rings is 4. The molecule has 0 aliphatic carbocycles. The minimum absolute atomic E-state index is 0.152. The summed E-state index contributed by atoms with van der Waals surface area (Å²) < 4.78 is 3.66. The number of aryl methyl sites for hydroxylation is 1. The summed E-state index contributed by atoms with van der Waals surface area (Å²) in [6, 6.07) is 35.3. The van der Waals surface area contributed by atoms with Crippen LogP contribution in [0.15, 0.2) is 130 Å². The largest absolute Gasteiger partial charge is 0.284 e. The molecule has 0 aliphatic rings. The summed E-state index contributed by atoms with van der Waals surface area (Å²) in [7, 11) is 0. The molecule has 184 valence electrons. The van der Waals surface area contributed by atoms with Crippen LogP contribution >= 0.6 is 11.3 Å². The summed E-state index contributed by atoms with van der Waals surface area (Å²) in [6.07, 6.45) is 1.54. The van der Waals surface area contributed by atoms with Crippen LogP contribution in [0.3, 0.4) is 0 Å². The van der Waals surface area contributed by atoms with Crippen LogP contribution in [0.25, 0.3) is 33.5 Å². The molecule has 4 aromatic carbocycles. The second-order valence-electron chi connectivity index (χ2n) is 8.75. The number of thiazole rings is 1. The molecule has 0 unspecified atom stereocenters. The van der Waals surface area contributed by atoms with Gasteiger partial charge in [-0.15, -0.1) is 16.4 Å². The SMILES string of the molecule is Cc1ccc(-n2c(-c3ccccc3)cs/c2=N\N=C\c2nc3ccccc3c(=O)n2-c2ccccc2)cc1. The van der Waals surface area contributed by atoms with E-state index in [4.69, 9.17) is 4.98 Å². The Morgan fingerprint density at radius 2 is 1.42 bits per heavy atom. The molecule has 6 nitrogen and oxygen atoms in total. The third kappa shape index (κ3) is 4.51. The van der Waals surface area contributed by atoms with Crippen molar-refractivity contribution in [1.82, 2.24) is 14.1 Å². The number of para-hydroxylation sites is 2. The maximum atomic E-state index is 13.4. The molecular formula is C31H23N5OS. The molecule has 0 saturated carbocycles. The van der Waals surface area contributed by atoms with Gasteiger partial charge in [-0.1, -0.05) is 78.4 Å². The minimum atomic E-state index is -0.152. The van der Waals surface area contributed by atoms with Crippen LogP contribution in [0, 0.1) is 6.92 Å². The van der Waals surface area contributed by atoms with E-state index in [-0.39, 0.29) is 5.56 Å². The molecular weight excluding hydrogens is 490 g/mol. The summed E-state index contributed by atoms with van der Waals surface area (Å²) in [4.78, 5) is 18.9. The van der Waals surface area contributed by atoms with Gasteiger partial charge in [-0.3, -0.25) is 13.9 Å². The van der Waals surface area contributed by atoms with Crippen molar-refractivity contribution in [3.63, 3.8) is 0 Å². The highest BCUT2D eigenvalue weighted by Crippen LogP contribution is 2.23. The summed E-state index contributed by atoms with van der Waals surface area (Å²) in [5.74, 6) is 0.408. The fourth-order valence-corrected chi connectivity index (χ4v) is 5.19. The van der Waals surface area contributed by atoms with Crippen molar-refractivity contribution in [3.8, 4) is 22.6 Å². The van der Waals surface area contributed by atoms with Crippen LogP contribution in [0.5, 0.6) is 0 Å². The third-order valence-electron chi connectivity index (χ3n) is 6.20. The van der Waals surface area contributed by atoms with Gasteiger partial charge in [-0.25, -0.2) is 4.98 Å². The van der Waals surface area contributed by atoms with Crippen molar-refractivity contribution in [2.75, 3.05) is 0 Å². The number of fused-ring (bicyclic) bond motifs is 1. The molecule has 38 heavy (non-hydrogen) atoms. The summed E-state index contributed by atoms with van der Waals surface area (Å²) in [5, 5.41) is 11.6. The number of rotatable bonds is 5. The zero-order valence-corrected chi connectivity index (χ0v) is 21.4. The molecule has 0 bridgehead atoms. The fraction of sp³-hybridized carbons (Fsp3) is 0.0323. The van der Waals surface area contributed by atoms with Gasteiger partial charge in [0.15, 0.2) is 5.82 Å². The Kier molecular flexibility index (Phi) is 6.34. The van der Waals surface area contributed by atoms with Crippen molar-refractivity contribution >= 4 is 28.5 Å². The Hall–Kier alpha value is -4.88. The number of hydrogen-bond donors (Lipinski definition) is 0. The molecule has 0 N–H and O–H groups in total. The lowest BCUT2D eigenvalue weighted by molar-refractivity contribution is 0.938. The van der Waals surface area contributed by atoms with Crippen molar-refractivity contribution < 1.29 is 0 Å². The van der Waals surface area contributed by atoms with Crippen molar-refractivity contribution in [2.24, 2.45) is 10.2 Å². The van der Waals surface area contributed by atoms with Gasteiger partial charge in [0.05, 0.1) is 28.5 Å². The first kappa shape index (κ1) is 23.5. The third-order valence-corrected chi connectivity index (χ3v) is 7.02. The molecule has 7 heteroatoms. The maximum absolute atomic E-state index is 13.4. The monoisotopic (exact) mass is 513 g/mol. The Labute approximate surface area is 223 Å². The zero-order valence-electron chi connectivity index (χ0n) is 20.6. The van der Waals surface area contributed by atoms with Crippen LogP contribution < -0.4 is 10.4 Å². The highest BCUT2D eigenvalue weighted by Gasteiger charge is 2.12. The van der Waals surface area contributed by atoms with Gasteiger partial charge in [-0.2, -0.15) is 5.10 Å². The van der Waals surface area contributed by atoms with E-state index in [1.54, 1.807) is 16.8 Å². The van der Waals surface area contributed by atoms with E-state index in [0.717, 1.165) is 22.6 Å². The average Bonchev–Trinajstić information content (AvgIpc) is 3.38. The predicted molar refractivity (Wildman–Crippen MR) is 154 cm³/mol. The standard InChI is InChI=1S/C31H23N5OS/c1-22-16-18-25(19-17-22)35-28(23-10-4-2-5-11-23)21-38-31(35)34-32-20-29-33-27-15-9-8-14-26(27)30(37)36(29)24-12-6-3-7-13-24/h2-21H,1H3/b32-20+,34-31-. The predicted octanol–water partition coefficient (Wildman–Crippen LogP) is 6.15. The molecule has 6 rings (SSSR count). The Morgan fingerprint density at radius 1 is 0.763 bits per heavy atom. The Morgan fingerprint density at radius 3 is 2.18 bits per heavy atom. The van der Waals surface area contributed by atoms with Gasteiger partial charge in [0, 0.05) is 11.1 Å². The van der Waals surface area contributed by atoms with E-state index < -0.39 is 0 Å². The van der Waals surface area contributed by atoms with Gasteiger partial charge in [0.2, 0.25) is 4.80 Å². The Bertz CT molecular complexity index is 1880. The normalized spacial score (nSPS) is 12.0. The number of nitrogens with zero attached hydrogens (tertiary/aromatic N) is 5. The Balaban J connectivity index is 1.51. The quantitative estimate of drug-likeness (QED) is 0.205. The van der Waals surface area contributed by atoms with Crippen molar-refractivity contribution in [2.45, 2.75) is 6.92 Å². The molecule has 0 spiro atoms. The van der Waals surface area contributed by atoms with E-state index in [2.05, 4.69) is 63.5 Å². The summed E-state index contributed by atoms with van der Waals surface area (Å²) >= 11 is 1.51. The molecule has 6 aromatic rings. The second kappa shape index (κ2) is 10.2. The van der Waals surface area contributed by atoms with E-state index in [1.807, 2.05) is 66.7 Å². The van der Waals surface area contributed by atoms with Crippen LogP contribution in [-0.2, 0) is 0 Å². The highest BCUT2D eigenvalue weighted by atomic mass is 32.1. The van der Waals surface area contributed by atoms with E-state index in [1.165, 1.54) is 16.9 Å². The lowest BCUT2D eigenvalue weighted by atomic mass is 10.1. The van der Waals surface area contributed by atoms with Gasteiger partial charge in [-0.05, 0) is 48.9 Å². The van der Waals surface area contributed by atoms with Gasteiger partial charge in [0.1, 0.15) is 0 Å². The molecule has 0 radical (unpaired) electrons. The van der Waals surface area contributed by atoms with Crippen LogP contribution in [0.4, 0.5) is 0 Å². The summed E-state index contributed by atoms with van der Waals surface area (Å²) in [5.41, 5.74) is 5.47. The molecule has 0 atom stereocenters. The first-order valence-corrected chi connectivity index (χ1v) is 13.0. The van der Waals surface area contributed by atoms with Crippen LogP contribution in [0.1, 0.15) is 11.4 Å². The zero-order chi connectivity index (χ0) is 25.9. The molecule has 0 aliphatic heterocycles. The van der Waals surface area contributed by atoms with Crippen LogP contribution in [-0.4, -0.2) is 20.3 Å². The summed E-state index contributed by atoms with van der Waals surface area (Å²) in [6.45, 7) is 2.07. The molecule has 0 saturated heterocycles. The molecule has 2 aromatic heterocycles. The van der Waals surface area contributed by atoms with Gasteiger partial charge in [0.25, 0.3) is 5.56 Å². The van der Waals surface area contributed by atoms with Crippen molar-refractivity contribution in [3.05, 3.63) is 141 Å². The highest BCUT2D eigenvalue weighted by molar-refractivity contribution is 7.07. The van der Waals surface area contributed by atoms with E-state index in [0.29, 0.717) is 21.5 Å². The smallest absolute Gasteiger partial charge is 0.266 e. The molecule has 0 amide bonds. The van der Waals surface area contributed by atoms with E-state index >= 15 is 0 Å². The second-order valence-corrected chi connectivity index (χ2v) is 9.58. The maximum Gasteiger partial charge on any atom is 0.266 e. The minimum Gasteiger partial charge on any atom is -0.284 e. The van der Waals surface area contributed by atoms with Gasteiger partial charge >= 0.3 is 0 Å². The van der Waals surface area contributed by atoms with Gasteiger partial charge < -0.3 is 0 Å². The average molecular weight is 514 g/mol. The lowest BCUT2D eigenvalue weighted by Crippen LogP contribution is -2.23. The van der Waals surface area contributed by atoms with Crippen LogP contribution in [0.2, 0.25) is 0 Å². The number of aromatic nitrogens is 3.